The van der Waals surface area contributed by atoms with Crippen molar-refractivity contribution in [1.82, 2.24) is 15.5 Å². The van der Waals surface area contributed by atoms with Crippen LogP contribution in [0.3, 0.4) is 0 Å². The van der Waals surface area contributed by atoms with E-state index in [4.69, 9.17) is 11.6 Å². The molecule has 1 saturated heterocycles. The number of carbonyl (C=O) groups is 3. The van der Waals surface area contributed by atoms with Gasteiger partial charge in [-0.25, -0.2) is 4.79 Å². The fraction of sp³-hybridized carbons (Fsp3) is 0.211. The lowest BCUT2D eigenvalue weighted by molar-refractivity contribution is -0.132. The van der Waals surface area contributed by atoms with Crippen molar-refractivity contribution in [2.75, 3.05) is 6.54 Å². The molecule has 1 aliphatic rings. The van der Waals surface area contributed by atoms with Gasteiger partial charge in [-0.3, -0.25) is 14.5 Å². The molecule has 7 heteroatoms. The lowest BCUT2D eigenvalue weighted by Gasteiger charge is -2.13. The van der Waals surface area contributed by atoms with E-state index in [1.807, 2.05) is 30.3 Å². The second kappa shape index (κ2) is 8.01. The predicted octanol–water partition coefficient (Wildman–Crippen LogP) is 2.12. The summed E-state index contributed by atoms with van der Waals surface area (Å²) in [7, 11) is 0. The van der Waals surface area contributed by atoms with Gasteiger partial charge >= 0.3 is 6.03 Å². The van der Waals surface area contributed by atoms with Crippen LogP contribution in [-0.4, -0.2) is 35.3 Å². The Morgan fingerprint density at radius 3 is 2.42 bits per heavy atom. The Morgan fingerprint density at radius 1 is 1.04 bits per heavy atom. The number of rotatable bonds is 6. The Balaban J connectivity index is 1.53. The topological polar surface area (TPSA) is 78.5 Å². The molecule has 0 spiro atoms. The first-order chi connectivity index (χ1) is 12.5. The van der Waals surface area contributed by atoms with E-state index in [1.165, 1.54) is 0 Å². The van der Waals surface area contributed by atoms with Crippen LogP contribution in [0.25, 0.3) is 0 Å². The first-order valence-electron chi connectivity index (χ1n) is 8.20. The number of amides is 4. The number of urea groups is 1. The highest BCUT2D eigenvalue weighted by Crippen LogP contribution is 2.12. The Bertz CT molecular complexity index is 809. The van der Waals surface area contributed by atoms with Gasteiger partial charge < -0.3 is 10.6 Å². The fourth-order valence-electron chi connectivity index (χ4n) is 2.72. The van der Waals surface area contributed by atoms with E-state index >= 15 is 0 Å². The summed E-state index contributed by atoms with van der Waals surface area (Å²) < 4.78 is 0. The predicted molar refractivity (Wildman–Crippen MR) is 97.5 cm³/mol. The van der Waals surface area contributed by atoms with Crippen molar-refractivity contribution in [3.63, 3.8) is 0 Å². The Hall–Kier alpha value is -2.86. The molecule has 2 aromatic rings. The summed E-state index contributed by atoms with van der Waals surface area (Å²) >= 11 is 5.82. The lowest BCUT2D eigenvalue weighted by Crippen LogP contribution is -2.41. The van der Waals surface area contributed by atoms with Crippen LogP contribution in [-0.2, 0) is 22.6 Å². The highest BCUT2D eigenvalue weighted by molar-refractivity contribution is 6.30. The second-order valence-corrected chi connectivity index (χ2v) is 6.46. The first kappa shape index (κ1) is 17.9. The molecular formula is C19H18ClN3O3. The Labute approximate surface area is 156 Å². The first-order valence-corrected chi connectivity index (χ1v) is 8.57. The summed E-state index contributed by atoms with van der Waals surface area (Å²) in [4.78, 5) is 37.5. The van der Waals surface area contributed by atoms with E-state index in [9.17, 15) is 14.4 Å². The molecule has 4 amide bonds. The van der Waals surface area contributed by atoms with E-state index in [-0.39, 0.29) is 12.5 Å². The molecule has 26 heavy (non-hydrogen) atoms. The van der Waals surface area contributed by atoms with Crippen LogP contribution < -0.4 is 10.6 Å². The molecule has 1 atom stereocenters. The van der Waals surface area contributed by atoms with Gasteiger partial charge in [0.25, 0.3) is 5.91 Å². The van der Waals surface area contributed by atoms with Crippen LogP contribution in [0.5, 0.6) is 0 Å². The largest absolute Gasteiger partial charge is 0.350 e. The zero-order valence-corrected chi connectivity index (χ0v) is 14.7. The van der Waals surface area contributed by atoms with Crippen molar-refractivity contribution >= 4 is 29.4 Å². The van der Waals surface area contributed by atoms with Crippen molar-refractivity contribution in [3.8, 4) is 0 Å². The van der Waals surface area contributed by atoms with Gasteiger partial charge in [0.05, 0.1) is 0 Å². The molecule has 2 aromatic carbocycles. The van der Waals surface area contributed by atoms with E-state index in [0.717, 1.165) is 16.0 Å². The number of imide groups is 1. The number of hydrogen-bond donors (Lipinski definition) is 2. The van der Waals surface area contributed by atoms with Crippen LogP contribution in [0.1, 0.15) is 11.1 Å². The minimum Gasteiger partial charge on any atom is -0.350 e. The smallest absolute Gasteiger partial charge is 0.325 e. The summed E-state index contributed by atoms with van der Waals surface area (Å²) in [5, 5.41) is 5.94. The fourth-order valence-corrected chi connectivity index (χ4v) is 2.84. The SMILES string of the molecule is O=C(CN1C(=O)N[C@H](Cc2ccccc2)C1=O)NCc1ccc(Cl)cc1. The normalized spacial score (nSPS) is 16.5. The molecule has 0 aliphatic carbocycles. The van der Waals surface area contributed by atoms with Crippen molar-refractivity contribution in [3.05, 3.63) is 70.7 Å². The third kappa shape index (κ3) is 4.40. The molecule has 0 bridgehead atoms. The van der Waals surface area contributed by atoms with Crippen molar-refractivity contribution in [1.29, 1.82) is 0 Å². The van der Waals surface area contributed by atoms with Gasteiger partial charge in [-0.05, 0) is 23.3 Å². The minimum atomic E-state index is -0.644. The molecule has 6 nitrogen and oxygen atoms in total. The number of benzene rings is 2. The molecule has 0 unspecified atom stereocenters. The molecule has 3 rings (SSSR count). The van der Waals surface area contributed by atoms with Gasteiger partial charge in [0.15, 0.2) is 0 Å². The summed E-state index contributed by atoms with van der Waals surface area (Å²) in [6.45, 7) is -0.00333. The number of hydrogen-bond acceptors (Lipinski definition) is 3. The summed E-state index contributed by atoms with van der Waals surface area (Å²) in [5.41, 5.74) is 1.82. The van der Waals surface area contributed by atoms with Crippen molar-refractivity contribution in [2.45, 2.75) is 19.0 Å². The van der Waals surface area contributed by atoms with Crippen LogP contribution >= 0.6 is 11.6 Å². The molecule has 1 heterocycles. The molecule has 134 valence electrons. The number of nitrogens with one attached hydrogen (secondary N) is 2. The maximum atomic E-state index is 12.4. The van der Waals surface area contributed by atoms with Gasteiger partial charge in [-0.15, -0.1) is 0 Å². The molecule has 0 aromatic heterocycles. The van der Waals surface area contributed by atoms with Crippen LogP contribution in [0.2, 0.25) is 5.02 Å². The second-order valence-electron chi connectivity index (χ2n) is 6.02. The molecular weight excluding hydrogens is 354 g/mol. The number of halogens is 1. The third-order valence-corrected chi connectivity index (χ3v) is 4.35. The molecule has 0 saturated carbocycles. The quantitative estimate of drug-likeness (QED) is 0.763. The number of carbonyl (C=O) groups excluding carboxylic acids is 3. The average Bonchev–Trinajstić information content (AvgIpc) is 2.89. The summed E-state index contributed by atoms with van der Waals surface area (Å²) in [5.74, 6) is -0.788. The third-order valence-electron chi connectivity index (χ3n) is 4.09. The number of nitrogens with zero attached hydrogens (tertiary/aromatic N) is 1. The molecule has 1 fully saturated rings. The maximum absolute atomic E-state index is 12.4. The lowest BCUT2D eigenvalue weighted by atomic mass is 10.1. The highest BCUT2D eigenvalue weighted by Gasteiger charge is 2.38. The van der Waals surface area contributed by atoms with Crippen LogP contribution in [0, 0.1) is 0 Å². The van der Waals surface area contributed by atoms with Gasteiger partial charge in [-0.2, -0.15) is 0 Å². The highest BCUT2D eigenvalue weighted by atomic mass is 35.5. The summed E-state index contributed by atoms with van der Waals surface area (Å²) in [6, 6.07) is 15.3. The van der Waals surface area contributed by atoms with E-state index in [1.54, 1.807) is 24.3 Å². The molecule has 0 radical (unpaired) electrons. The van der Waals surface area contributed by atoms with E-state index < -0.39 is 18.0 Å². The standard InChI is InChI=1S/C19H18ClN3O3/c20-15-8-6-14(7-9-15)11-21-17(24)12-23-18(25)16(22-19(23)26)10-13-4-2-1-3-5-13/h1-9,16H,10-12H2,(H,21,24)(H,22,26)/t16-/m1/s1. The minimum absolute atomic E-state index is 0.299. The monoisotopic (exact) mass is 371 g/mol. The zero-order valence-electron chi connectivity index (χ0n) is 13.9. The van der Waals surface area contributed by atoms with Gasteiger partial charge in [-0.1, -0.05) is 54.1 Å². The van der Waals surface area contributed by atoms with Gasteiger partial charge in [0.2, 0.25) is 5.91 Å². The van der Waals surface area contributed by atoms with Crippen molar-refractivity contribution in [2.24, 2.45) is 0 Å². The summed E-state index contributed by atoms with van der Waals surface area (Å²) in [6.07, 6.45) is 0.397. The van der Waals surface area contributed by atoms with Gasteiger partial charge in [0.1, 0.15) is 12.6 Å². The molecule has 1 aliphatic heterocycles. The van der Waals surface area contributed by atoms with Crippen molar-refractivity contribution < 1.29 is 14.4 Å². The van der Waals surface area contributed by atoms with Crippen LogP contribution in [0.15, 0.2) is 54.6 Å². The van der Waals surface area contributed by atoms with Gasteiger partial charge in [0, 0.05) is 18.0 Å². The Morgan fingerprint density at radius 2 is 1.73 bits per heavy atom. The van der Waals surface area contributed by atoms with E-state index in [0.29, 0.717) is 18.0 Å². The zero-order chi connectivity index (χ0) is 18.5. The average molecular weight is 372 g/mol. The Kier molecular flexibility index (Phi) is 5.53. The molecule has 2 N–H and O–H groups in total. The van der Waals surface area contributed by atoms with E-state index in [2.05, 4.69) is 10.6 Å². The van der Waals surface area contributed by atoms with Crippen LogP contribution in [0.4, 0.5) is 4.79 Å². The maximum Gasteiger partial charge on any atom is 0.325 e.